The van der Waals surface area contributed by atoms with E-state index >= 15 is 0 Å². The molecule has 1 aromatic carbocycles. The van der Waals surface area contributed by atoms with Gasteiger partial charge in [-0.15, -0.1) is 0 Å². The smallest absolute Gasteiger partial charge is 0.258 e. The van der Waals surface area contributed by atoms with Crippen molar-refractivity contribution < 1.29 is 9.53 Å². The highest BCUT2D eigenvalue weighted by molar-refractivity contribution is 6.00. The molecule has 0 saturated carbocycles. The lowest BCUT2D eigenvalue weighted by atomic mass is 9.93. The Balaban J connectivity index is 1.93. The highest BCUT2D eigenvalue weighted by atomic mass is 16.5. The summed E-state index contributed by atoms with van der Waals surface area (Å²) >= 11 is 0. The normalized spacial score (nSPS) is 29.3. The summed E-state index contributed by atoms with van der Waals surface area (Å²) < 4.78 is 5.72. The van der Waals surface area contributed by atoms with Gasteiger partial charge >= 0.3 is 0 Å². The molecular weight excluding hydrogens is 252 g/mol. The molecule has 108 valence electrons. The van der Waals surface area contributed by atoms with Crippen LogP contribution in [0.5, 0.6) is 0 Å². The van der Waals surface area contributed by atoms with Gasteiger partial charge < -0.3 is 15.0 Å². The number of carbonyl (C=O) groups is 1. The van der Waals surface area contributed by atoms with Crippen LogP contribution < -0.4 is 10.2 Å². The molecule has 4 heteroatoms. The minimum absolute atomic E-state index is 0.108. The molecule has 0 aromatic heterocycles. The van der Waals surface area contributed by atoms with Gasteiger partial charge in [-0.1, -0.05) is 18.2 Å². The van der Waals surface area contributed by atoms with Crippen molar-refractivity contribution in [3.63, 3.8) is 0 Å². The van der Waals surface area contributed by atoms with Crippen molar-refractivity contribution in [1.29, 1.82) is 0 Å². The second kappa shape index (κ2) is 5.19. The third-order valence-electron chi connectivity index (χ3n) is 4.51. The molecule has 2 heterocycles. The molecule has 4 nitrogen and oxygen atoms in total. The maximum Gasteiger partial charge on any atom is 0.258 e. The molecule has 3 rings (SSSR count). The van der Waals surface area contributed by atoms with Gasteiger partial charge in [0, 0.05) is 24.9 Å². The minimum atomic E-state index is -0.639. The molecule has 0 bridgehead atoms. The summed E-state index contributed by atoms with van der Waals surface area (Å²) in [5, 5.41) is 3.33. The van der Waals surface area contributed by atoms with Gasteiger partial charge in [-0.3, -0.25) is 4.79 Å². The number of benzene rings is 1. The number of carbonyl (C=O) groups excluding carboxylic acids is 1. The Hall–Kier alpha value is -1.39. The molecule has 0 aliphatic carbocycles. The van der Waals surface area contributed by atoms with E-state index in [1.54, 1.807) is 0 Å². The first-order chi connectivity index (χ1) is 9.65. The van der Waals surface area contributed by atoms with Crippen molar-refractivity contribution in [3.05, 3.63) is 29.8 Å². The number of rotatable bonds is 2. The summed E-state index contributed by atoms with van der Waals surface area (Å²) in [4.78, 5) is 14.8. The first-order valence-electron chi connectivity index (χ1n) is 7.38. The van der Waals surface area contributed by atoms with Gasteiger partial charge in [0.05, 0.1) is 0 Å². The van der Waals surface area contributed by atoms with Gasteiger partial charge in [0.25, 0.3) is 5.91 Å². The van der Waals surface area contributed by atoms with Crippen molar-refractivity contribution in [2.75, 3.05) is 25.1 Å². The lowest BCUT2D eigenvalue weighted by Gasteiger charge is -2.38. The molecule has 0 spiro atoms. The molecule has 1 amide bonds. The monoisotopic (exact) mass is 274 g/mol. The maximum atomic E-state index is 12.9. The van der Waals surface area contributed by atoms with Crippen LogP contribution in [0.1, 0.15) is 37.8 Å². The zero-order chi connectivity index (χ0) is 14.2. The number of ether oxygens (including phenoxy) is 1. The Morgan fingerprint density at radius 1 is 1.45 bits per heavy atom. The molecule has 2 aliphatic heterocycles. The van der Waals surface area contributed by atoms with Gasteiger partial charge in [0.15, 0.2) is 0 Å². The van der Waals surface area contributed by atoms with E-state index in [4.69, 9.17) is 4.74 Å². The lowest BCUT2D eigenvalue weighted by Crippen LogP contribution is -2.49. The van der Waals surface area contributed by atoms with E-state index in [1.165, 1.54) is 5.56 Å². The van der Waals surface area contributed by atoms with Crippen LogP contribution in [0.4, 0.5) is 5.69 Å². The van der Waals surface area contributed by atoms with Crippen molar-refractivity contribution in [1.82, 2.24) is 5.32 Å². The first kappa shape index (κ1) is 13.6. The SMILES string of the molecule is CNC1CCN(C(=O)C2(C)CCCO2)c2ccccc21. The fourth-order valence-corrected chi connectivity index (χ4v) is 3.31. The Morgan fingerprint density at radius 3 is 2.95 bits per heavy atom. The van der Waals surface area contributed by atoms with E-state index in [0.717, 1.165) is 31.5 Å². The summed E-state index contributed by atoms with van der Waals surface area (Å²) in [6, 6.07) is 8.50. The van der Waals surface area contributed by atoms with Crippen LogP contribution in [0.25, 0.3) is 0 Å². The average Bonchev–Trinajstić information content (AvgIpc) is 2.93. The number of hydrogen-bond acceptors (Lipinski definition) is 3. The van der Waals surface area contributed by atoms with Gasteiger partial charge in [-0.2, -0.15) is 0 Å². The molecule has 2 aliphatic rings. The van der Waals surface area contributed by atoms with Gasteiger partial charge in [-0.25, -0.2) is 0 Å². The predicted octanol–water partition coefficient (Wildman–Crippen LogP) is 2.25. The van der Waals surface area contributed by atoms with E-state index in [0.29, 0.717) is 12.6 Å². The molecule has 2 unspecified atom stereocenters. The van der Waals surface area contributed by atoms with Crippen LogP contribution in [-0.2, 0) is 9.53 Å². The van der Waals surface area contributed by atoms with E-state index in [1.807, 2.05) is 37.1 Å². The molecular formula is C16H22N2O2. The summed E-state index contributed by atoms with van der Waals surface area (Å²) in [6.45, 7) is 3.37. The van der Waals surface area contributed by atoms with Crippen LogP contribution in [-0.4, -0.2) is 31.7 Å². The maximum absolute atomic E-state index is 12.9. The zero-order valence-corrected chi connectivity index (χ0v) is 12.2. The zero-order valence-electron chi connectivity index (χ0n) is 12.2. The number of amides is 1. The van der Waals surface area contributed by atoms with Crippen LogP contribution in [0.2, 0.25) is 0 Å². The number of anilines is 1. The molecule has 1 fully saturated rings. The lowest BCUT2D eigenvalue weighted by molar-refractivity contribution is -0.136. The second-order valence-corrected chi connectivity index (χ2v) is 5.83. The number of nitrogens with one attached hydrogen (secondary N) is 1. The molecule has 20 heavy (non-hydrogen) atoms. The standard InChI is InChI=1S/C16H22N2O2/c1-16(9-5-11-20-16)15(19)18-10-8-13(17-2)12-6-3-4-7-14(12)18/h3-4,6-7,13,17H,5,8-11H2,1-2H3. The van der Waals surface area contributed by atoms with Gasteiger partial charge in [-0.05, 0) is 44.9 Å². The van der Waals surface area contributed by atoms with Crippen molar-refractivity contribution in [3.8, 4) is 0 Å². The summed E-state index contributed by atoms with van der Waals surface area (Å²) in [7, 11) is 1.97. The van der Waals surface area contributed by atoms with Crippen molar-refractivity contribution in [2.45, 2.75) is 37.8 Å². The second-order valence-electron chi connectivity index (χ2n) is 5.83. The van der Waals surface area contributed by atoms with E-state index in [9.17, 15) is 4.79 Å². The number of fused-ring (bicyclic) bond motifs is 1. The van der Waals surface area contributed by atoms with Crippen LogP contribution >= 0.6 is 0 Å². The summed E-state index contributed by atoms with van der Waals surface area (Å²) in [6.07, 6.45) is 2.73. The fraction of sp³-hybridized carbons (Fsp3) is 0.562. The Bertz CT molecular complexity index is 509. The molecule has 2 atom stereocenters. The fourth-order valence-electron chi connectivity index (χ4n) is 3.31. The third-order valence-corrected chi connectivity index (χ3v) is 4.51. The average molecular weight is 274 g/mol. The topological polar surface area (TPSA) is 41.6 Å². The number of nitrogens with zero attached hydrogens (tertiary/aromatic N) is 1. The van der Waals surface area contributed by atoms with E-state index < -0.39 is 5.60 Å². The van der Waals surface area contributed by atoms with Gasteiger partial charge in [0.2, 0.25) is 0 Å². The molecule has 1 saturated heterocycles. The largest absolute Gasteiger partial charge is 0.365 e. The quantitative estimate of drug-likeness (QED) is 0.899. The Labute approximate surface area is 120 Å². The Morgan fingerprint density at radius 2 is 2.25 bits per heavy atom. The van der Waals surface area contributed by atoms with Crippen molar-refractivity contribution in [2.24, 2.45) is 0 Å². The number of hydrogen-bond donors (Lipinski definition) is 1. The molecule has 0 radical (unpaired) electrons. The van der Waals surface area contributed by atoms with Crippen LogP contribution in [0.15, 0.2) is 24.3 Å². The van der Waals surface area contributed by atoms with Crippen molar-refractivity contribution >= 4 is 11.6 Å². The molecule has 1 N–H and O–H groups in total. The highest BCUT2D eigenvalue weighted by Gasteiger charge is 2.42. The highest BCUT2D eigenvalue weighted by Crippen LogP contribution is 2.37. The predicted molar refractivity (Wildman–Crippen MR) is 78.8 cm³/mol. The first-order valence-corrected chi connectivity index (χ1v) is 7.38. The third kappa shape index (κ3) is 2.13. The minimum Gasteiger partial charge on any atom is -0.365 e. The van der Waals surface area contributed by atoms with Gasteiger partial charge in [0.1, 0.15) is 5.60 Å². The van der Waals surface area contributed by atoms with E-state index in [-0.39, 0.29) is 5.91 Å². The number of para-hydroxylation sites is 1. The van der Waals surface area contributed by atoms with Crippen LogP contribution in [0.3, 0.4) is 0 Å². The van der Waals surface area contributed by atoms with Crippen LogP contribution in [0, 0.1) is 0 Å². The molecule has 1 aromatic rings. The van der Waals surface area contributed by atoms with E-state index in [2.05, 4.69) is 11.4 Å². The Kier molecular flexibility index (Phi) is 3.52. The summed E-state index contributed by atoms with van der Waals surface area (Å²) in [5.74, 6) is 0.108. The summed E-state index contributed by atoms with van der Waals surface area (Å²) in [5.41, 5.74) is 1.59.